The molecule has 0 radical (unpaired) electrons. The molecule has 9 rings (SSSR count). The molecule has 0 atom stereocenters. The number of benzene rings is 3. The summed E-state index contributed by atoms with van der Waals surface area (Å²) in [5, 5.41) is 37.7. The number of pyridine rings is 6. The molecular formula is C39H21EuN6O6. The Kier molecular flexibility index (Phi) is 10.7. The van der Waals surface area contributed by atoms with Gasteiger partial charge in [0.2, 0.25) is 0 Å². The van der Waals surface area contributed by atoms with Crippen molar-refractivity contribution in [3.63, 3.8) is 0 Å². The van der Waals surface area contributed by atoms with Crippen molar-refractivity contribution in [3.05, 3.63) is 145 Å². The van der Waals surface area contributed by atoms with Crippen molar-refractivity contribution >= 4 is 83.3 Å². The van der Waals surface area contributed by atoms with E-state index in [9.17, 15) is 29.7 Å². The summed E-state index contributed by atoms with van der Waals surface area (Å²) in [7, 11) is 0. The number of carboxylic acid groups (broad SMARTS) is 3. The van der Waals surface area contributed by atoms with Gasteiger partial charge in [0.15, 0.2) is 0 Å². The third kappa shape index (κ3) is 7.42. The largest absolute Gasteiger partial charge is 3.00 e. The van der Waals surface area contributed by atoms with E-state index in [0.29, 0.717) is 33.1 Å². The second kappa shape index (κ2) is 15.6. The first-order valence-corrected chi connectivity index (χ1v) is 15.3. The van der Waals surface area contributed by atoms with Crippen LogP contribution >= 0.6 is 0 Å². The van der Waals surface area contributed by atoms with E-state index in [1.807, 2.05) is 72.8 Å². The number of nitrogens with zero attached hydrogens (tertiary/aromatic N) is 6. The van der Waals surface area contributed by atoms with Crippen LogP contribution in [0.4, 0.5) is 0 Å². The van der Waals surface area contributed by atoms with Gasteiger partial charge in [-0.15, -0.1) is 0 Å². The van der Waals surface area contributed by atoms with E-state index >= 15 is 0 Å². The number of carboxylic acids is 3. The Hall–Kier alpha value is -5.89. The zero-order chi connectivity index (χ0) is 35.5. The molecule has 6 heterocycles. The second-order valence-electron chi connectivity index (χ2n) is 11.1. The molecule has 0 amide bonds. The van der Waals surface area contributed by atoms with E-state index in [4.69, 9.17) is 0 Å². The fourth-order valence-corrected chi connectivity index (χ4v) is 5.51. The third-order valence-corrected chi connectivity index (χ3v) is 7.92. The summed E-state index contributed by atoms with van der Waals surface area (Å²) in [6.45, 7) is 0. The van der Waals surface area contributed by atoms with Gasteiger partial charge in [-0.25, -0.2) is 15.0 Å². The third-order valence-electron chi connectivity index (χ3n) is 7.92. The molecule has 9 aromatic rings. The fourth-order valence-electron chi connectivity index (χ4n) is 5.51. The number of fused-ring (bicyclic) bond motifs is 9. The zero-order valence-electron chi connectivity index (χ0n) is 26.6. The van der Waals surface area contributed by atoms with E-state index in [-0.39, 0.29) is 66.5 Å². The number of hydrogen-bond acceptors (Lipinski definition) is 12. The molecule has 0 saturated carbocycles. The topological polar surface area (TPSA) is 198 Å². The van der Waals surface area contributed by atoms with Crippen LogP contribution in [0, 0.1) is 49.4 Å². The van der Waals surface area contributed by atoms with Crippen LogP contribution < -0.4 is 15.3 Å². The quantitative estimate of drug-likeness (QED) is 0.236. The Morgan fingerprint density at radius 1 is 0.346 bits per heavy atom. The summed E-state index contributed by atoms with van der Waals surface area (Å²) in [4.78, 5) is 57.3. The number of carbonyl (C=O) groups excluding carboxylic acids is 3. The molecule has 0 aliphatic carbocycles. The number of rotatable bonds is 3. The van der Waals surface area contributed by atoms with Gasteiger partial charge in [0.25, 0.3) is 0 Å². The Morgan fingerprint density at radius 2 is 0.577 bits per heavy atom. The first-order chi connectivity index (χ1) is 24.8. The number of aromatic carboxylic acids is 3. The molecule has 52 heavy (non-hydrogen) atoms. The normalized spacial score (nSPS) is 10.6. The number of aromatic nitrogens is 6. The molecule has 3 aromatic carbocycles. The average Bonchev–Trinajstić information content (AvgIpc) is 3.17. The number of carbonyl (C=O) groups is 3. The summed E-state index contributed by atoms with van der Waals surface area (Å²) in [6, 6.07) is 32.2. The molecule has 13 heteroatoms. The van der Waals surface area contributed by atoms with Crippen molar-refractivity contribution in [1.82, 2.24) is 29.9 Å². The van der Waals surface area contributed by atoms with Crippen molar-refractivity contribution in [1.29, 1.82) is 0 Å². The van der Waals surface area contributed by atoms with Gasteiger partial charge in [0.1, 0.15) is 0 Å². The molecule has 0 bridgehead atoms. The van der Waals surface area contributed by atoms with Gasteiger partial charge in [-0.1, -0.05) is 72.8 Å². The molecule has 0 fully saturated rings. The Labute approximate surface area is 334 Å². The minimum absolute atomic E-state index is 0. The maximum absolute atomic E-state index is 10.8. The van der Waals surface area contributed by atoms with Crippen molar-refractivity contribution < 1.29 is 79.1 Å². The summed E-state index contributed by atoms with van der Waals surface area (Å²) in [6.07, 6.45) is 4.99. The van der Waals surface area contributed by atoms with Crippen LogP contribution in [0.3, 0.4) is 0 Å². The molecule has 0 spiro atoms. The van der Waals surface area contributed by atoms with Crippen molar-refractivity contribution in [3.8, 4) is 0 Å². The van der Waals surface area contributed by atoms with E-state index in [2.05, 4.69) is 29.9 Å². The molecule has 0 N–H and O–H groups in total. The SMILES string of the molecule is O=C([O-])c1ccc2ccc3cccnc3c2n1.O=C([O-])c1ccc2ccc3cccnc3c2n1.O=C([O-])c1ccc2ccc3cccnc3c2n1.[Eu+3]. The molecular weight excluding hydrogens is 800 g/mol. The second-order valence-corrected chi connectivity index (χ2v) is 11.1. The molecule has 12 nitrogen and oxygen atoms in total. The van der Waals surface area contributed by atoms with Crippen molar-refractivity contribution in [2.45, 2.75) is 0 Å². The van der Waals surface area contributed by atoms with E-state index in [1.54, 1.807) is 36.8 Å². The first-order valence-electron chi connectivity index (χ1n) is 15.3. The maximum atomic E-state index is 10.8. The molecule has 0 aliphatic heterocycles. The van der Waals surface area contributed by atoms with E-state index in [0.717, 1.165) is 32.3 Å². The van der Waals surface area contributed by atoms with Gasteiger partial charge >= 0.3 is 49.4 Å². The van der Waals surface area contributed by atoms with Crippen LogP contribution in [0.2, 0.25) is 0 Å². The van der Waals surface area contributed by atoms with Crippen molar-refractivity contribution in [2.75, 3.05) is 0 Å². The first kappa shape index (κ1) is 35.9. The van der Waals surface area contributed by atoms with Crippen LogP contribution in [-0.2, 0) is 0 Å². The summed E-state index contributed by atoms with van der Waals surface area (Å²) in [5.41, 5.74) is 3.65. The molecule has 250 valence electrons. The fraction of sp³-hybridized carbons (Fsp3) is 0. The summed E-state index contributed by atoms with van der Waals surface area (Å²) in [5.74, 6) is -3.83. The molecule has 0 saturated heterocycles. The van der Waals surface area contributed by atoms with Crippen LogP contribution in [0.15, 0.2) is 128 Å². The van der Waals surface area contributed by atoms with Crippen LogP contribution in [0.1, 0.15) is 31.5 Å². The van der Waals surface area contributed by atoms with Gasteiger partial charge in [0, 0.05) is 50.9 Å². The van der Waals surface area contributed by atoms with Crippen LogP contribution in [0.25, 0.3) is 65.4 Å². The predicted molar refractivity (Wildman–Crippen MR) is 184 cm³/mol. The Morgan fingerprint density at radius 3 is 0.827 bits per heavy atom. The average molecular weight is 822 g/mol. The standard InChI is InChI=1S/3C13H8N2O2.Eu/c3*16-13(17)10-6-5-9-4-3-8-2-1-7-14-11(8)12(9)15-10;/h3*1-7H,(H,16,17);/q;;;+3/p-3. The predicted octanol–water partition coefficient (Wildman–Crippen LogP) is 3.44. The Balaban J connectivity index is 0.000000133. The minimum atomic E-state index is -1.28. The Bertz CT molecular complexity index is 2530. The van der Waals surface area contributed by atoms with Gasteiger partial charge in [-0.05, 0) is 36.4 Å². The van der Waals surface area contributed by atoms with E-state index < -0.39 is 17.9 Å². The summed E-state index contributed by atoms with van der Waals surface area (Å²) >= 11 is 0. The van der Waals surface area contributed by atoms with Crippen LogP contribution in [0.5, 0.6) is 0 Å². The van der Waals surface area contributed by atoms with Crippen molar-refractivity contribution in [2.24, 2.45) is 0 Å². The summed E-state index contributed by atoms with van der Waals surface area (Å²) < 4.78 is 0. The minimum Gasteiger partial charge on any atom is -0.543 e. The monoisotopic (exact) mass is 822 g/mol. The molecule has 0 aliphatic rings. The smallest absolute Gasteiger partial charge is 0.543 e. The van der Waals surface area contributed by atoms with Gasteiger partial charge in [0.05, 0.1) is 68.1 Å². The van der Waals surface area contributed by atoms with Gasteiger partial charge in [-0.3, -0.25) is 15.0 Å². The molecule has 6 aromatic heterocycles. The van der Waals surface area contributed by atoms with Crippen LogP contribution in [-0.4, -0.2) is 47.8 Å². The number of hydrogen-bond donors (Lipinski definition) is 0. The molecule has 0 unspecified atom stereocenters. The van der Waals surface area contributed by atoms with Gasteiger partial charge in [-0.2, -0.15) is 0 Å². The maximum Gasteiger partial charge on any atom is 3.00 e. The van der Waals surface area contributed by atoms with Gasteiger partial charge < -0.3 is 29.7 Å². The van der Waals surface area contributed by atoms with E-state index in [1.165, 1.54) is 18.2 Å². The zero-order valence-corrected chi connectivity index (χ0v) is 29.1.